The van der Waals surface area contributed by atoms with Crippen molar-refractivity contribution in [3.05, 3.63) is 58.3 Å². The fraction of sp³-hybridized carbons (Fsp3) is 0.368. The first kappa shape index (κ1) is 19.0. The molecule has 0 radical (unpaired) electrons. The van der Waals surface area contributed by atoms with Gasteiger partial charge in [0.05, 0.1) is 4.88 Å². The van der Waals surface area contributed by atoms with Crippen molar-refractivity contribution in [1.29, 1.82) is 0 Å². The van der Waals surface area contributed by atoms with Crippen LogP contribution in [0.2, 0.25) is 0 Å². The molecule has 0 saturated carbocycles. The zero-order valence-electron chi connectivity index (χ0n) is 14.6. The Hall–Kier alpha value is -2.34. The molecule has 2 rings (SSSR count). The van der Waals surface area contributed by atoms with Crippen LogP contribution >= 0.6 is 11.3 Å². The van der Waals surface area contributed by atoms with Gasteiger partial charge in [0.15, 0.2) is 5.96 Å². The molecule has 5 nitrogen and oxygen atoms in total. The second-order valence-corrected chi connectivity index (χ2v) is 6.55. The van der Waals surface area contributed by atoms with Crippen LogP contribution in [0.15, 0.2) is 52.8 Å². The van der Waals surface area contributed by atoms with E-state index in [1.807, 2.05) is 23.6 Å². The van der Waals surface area contributed by atoms with Crippen LogP contribution in [0.1, 0.15) is 28.1 Å². The molecule has 0 aliphatic rings. The SMILES string of the molecule is CN=C(NCCCNC(=O)c1cccs1)NCCCc1ccccc1. The molecular weight excluding hydrogens is 332 g/mol. The van der Waals surface area contributed by atoms with Crippen molar-refractivity contribution < 1.29 is 4.79 Å². The topological polar surface area (TPSA) is 65.5 Å². The summed E-state index contributed by atoms with van der Waals surface area (Å²) in [5.74, 6) is 0.802. The lowest BCUT2D eigenvalue weighted by Gasteiger charge is -2.12. The van der Waals surface area contributed by atoms with Gasteiger partial charge >= 0.3 is 0 Å². The minimum atomic E-state index is -0.00146. The Morgan fingerprint density at radius 1 is 0.960 bits per heavy atom. The molecule has 25 heavy (non-hydrogen) atoms. The van der Waals surface area contributed by atoms with Crippen molar-refractivity contribution in [2.45, 2.75) is 19.3 Å². The van der Waals surface area contributed by atoms with Gasteiger partial charge in [-0.1, -0.05) is 36.4 Å². The standard InChI is InChI=1S/C19H26N4OS/c1-20-19(22-12-5-10-16-8-3-2-4-9-16)23-14-7-13-21-18(24)17-11-6-15-25-17/h2-4,6,8-9,11,15H,5,7,10,12-14H2,1H3,(H,21,24)(H2,20,22,23). The molecule has 1 aromatic heterocycles. The van der Waals surface area contributed by atoms with Crippen LogP contribution in [0.25, 0.3) is 0 Å². The summed E-state index contributed by atoms with van der Waals surface area (Å²) in [5, 5.41) is 11.4. The number of nitrogens with one attached hydrogen (secondary N) is 3. The number of guanidine groups is 1. The van der Waals surface area contributed by atoms with Gasteiger partial charge in [-0.3, -0.25) is 9.79 Å². The average Bonchev–Trinajstić information content (AvgIpc) is 3.18. The van der Waals surface area contributed by atoms with Gasteiger partial charge in [-0.2, -0.15) is 0 Å². The maximum Gasteiger partial charge on any atom is 0.261 e. The smallest absolute Gasteiger partial charge is 0.261 e. The minimum Gasteiger partial charge on any atom is -0.356 e. The van der Waals surface area contributed by atoms with E-state index in [4.69, 9.17) is 0 Å². The molecule has 0 aliphatic carbocycles. The van der Waals surface area contributed by atoms with Crippen LogP contribution < -0.4 is 16.0 Å². The highest BCUT2D eigenvalue weighted by molar-refractivity contribution is 7.12. The van der Waals surface area contributed by atoms with Crippen LogP contribution in [-0.2, 0) is 6.42 Å². The van der Waals surface area contributed by atoms with Crippen LogP contribution in [0.5, 0.6) is 0 Å². The summed E-state index contributed by atoms with van der Waals surface area (Å²) in [7, 11) is 1.77. The van der Waals surface area contributed by atoms with E-state index in [0.717, 1.165) is 43.2 Å². The molecule has 0 fully saturated rings. The molecule has 1 aromatic carbocycles. The first-order valence-corrected chi connectivity index (χ1v) is 9.47. The molecule has 1 amide bonds. The highest BCUT2D eigenvalue weighted by Crippen LogP contribution is 2.07. The molecule has 6 heteroatoms. The van der Waals surface area contributed by atoms with E-state index in [1.165, 1.54) is 16.9 Å². The summed E-state index contributed by atoms with van der Waals surface area (Å²) in [5.41, 5.74) is 1.36. The van der Waals surface area contributed by atoms with E-state index in [2.05, 4.69) is 45.2 Å². The van der Waals surface area contributed by atoms with Crippen LogP contribution in [0.4, 0.5) is 0 Å². The van der Waals surface area contributed by atoms with Crippen molar-refractivity contribution in [1.82, 2.24) is 16.0 Å². The Morgan fingerprint density at radius 2 is 1.68 bits per heavy atom. The number of amides is 1. The summed E-state index contributed by atoms with van der Waals surface area (Å²) in [6.07, 6.45) is 2.96. The number of aryl methyl sites for hydroxylation is 1. The predicted molar refractivity (Wildman–Crippen MR) is 105 cm³/mol. The Bertz CT molecular complexity index is 641. The van der Waals surface area contributed by atoms with Gasteiger partial charge < -0.3 is 16.0 Å². The number of aliphatic imine (C=N–C) groups is 1. The fourth-order valence-electron chi connectivity index (χ4n) is 2.36. The maximum absolute atomic E-state index is 11.8. The average molecular weight is 359 g/mol. The summed E-state index contributed by atoms with van der Waals surface area (Å²) in [6, 6.07) is 14.2. The molecule has 0 spiro atoms. The fourth-order valence-corrected chi connectivity index (χ4v) is 3.00. The molecule has 3 N–H and O–H groups in total. The minimum absolute atomic E-state index is 0.00146. The number of hydrogen-bond acceptors (Lipinski definition) is 3. The number of benzene rings is 1. The third kappa shape index (κ3) is 7.39. The lowest BCUT2D eigenvalue weighted by Crippen LogP contribution is -2.39. The van der Waals surface area contributed by atoms with Crippen molar-refractivity contribution in [2.24, 2.45) is 4.99 Å². The van der Waals surface area contributed by atoms with Crippen LogP contribution in [0, 0.1) is 0 Å². The number of nitrogens with zero attached hydrogens (tertiary/aromatic N) is 1. The Balaban J connectivity index is 1.52. The van der Waals surface area contributed by atoms with Crippen LogP contribution in [-0.4, -0.2) is 38.5 Å². The van der Waals surface area contributed by atoms with E-state index >= 15 is 0 Å². The highest BCUT2D eigenvalue weighted by Gasteiger charge is 2.04. The van der Waals surface area contributed by atoms with Crippen LogP contribution in [0.3, 0.4) is 0 Å². The molecule has 134 valence electrons. The lowest BCUT2D eigenvalue weighted by atomic mass is 10.1. The number of carbonyl (C=O) groups excluding carboxylic acids is 1. The summed E-state index contributed by atoms with van der Waals surface area (Å²) in [4.78, 5) is 16.8. The lowest BCUT2D eigenvalue weighted by molar-refractivity contribution is 0.0957. The van der Waals surface area contributed by atoms with E-state index in [1.54, 1.807) is 7.05 Å². The molecular formula is C19H26N4OS. The Labute approximate surface area is 153 Å². The Morgan fingerprint density at radius 3 is 2.36 bits per heavy atom. The normalized spacial score (nSPS) is 11.2. The summed E-state index contributed by atoms with van der Waals surface area (Å²) < 4.78 is 0. The molecule has 2 aromatic rings. The van der Waals surface area contributed by atoms with Gasteiger partial charge in [-0.05, 0) is 36.3 Å². The molecule has 0 atom stereocenters. The maximum atomic E-state index is 11.8. The van der Waals surface area contributed by atoms with Gasteiger partial charge in [-0.15, -0.1) is 11.3 Å². The first-order chi connectivity index (χ1) is 12.3. The second-order valence-electron chi connectivity index (χ2n) is 5.60. The number of carbonyl (C=O) groups is 1. The molecule has 0 unspecified atom stereocenters. The van der Waals surface area contributed by atoms with E-state index in [0.29, 0.717) is 6.54 Å². The second kappa shape index (κ2) is 11.3. The monoisotopic (exact) mass is 358 g/mol. The summed E-state index contributed by atoms with van der Waals surface area (Å²) in [6.45, 7) is 2.29. The van der Waals surface area contributed by atoms with E-state index in [9.17, 15) is 4.79 Å². The van der Waals surface area contributed by atoms with Gasteiger partial charge in [0.1, 0.15) is 0 Å². The molecule has 1 heterocycles. The number of thiophene rings is 1. The number of rotatable bonds is 9. The van der Waals surface area contributed by atoms with Crippen molar-refractivity contribution >= 4 is 23.2 Å². The highest BCUT2D eigenvalue weighted by atomic mass is 32.1. The van der Waals surface area contributed by atoms with Gasteiger partial charge in [0, 0.05) is 26.7 Å². The largest absolute Gasteiger partial charge is 0.356 e. The van der Waals surface area contributed by atoms with Crippen molar-refractivity contribution in [2.75, 3.05) is 26.7 Å². The predicted octanol–water partition coefficient (Wildman–Crippen LogP) is 2.67. The van der Waals surface area contributed by atoms with E-state index < -0.39 is 0 Å². The number of hydrogen-bond donors (Lipinski definition) is 3. The molecule has 0 saturated heterocycles. The van der Waals surface area contributed by atoms with Crippen molar-refractivity contribution in [3.8, 4) is 0 Å². The molecule has 0 aliphatic heterocycles. The third-order valence-electron chi connectivity index (χ3n) is 3.68. The van der Waals surface area contributed by atoms with E-state index in [-0.39, 0.29) is 5.91 Å². The van der Waals surface area contributed by atoms with Gasteiger partial charge in [-0.25, -0.2) is 0 Å². The van der Waals surface area contributed by atoms with Gasteiger partial charge in [0.2, 0.25) is 0 Å². The third-order valence-corrected chi connectivity index (χ3v) is 4.55. The van der Waals surface area contributed by atoms with Crippen molar-refractivity contribution in [3.63, 3.8) is 0 Å². The summed E-state index contributed by atoms with van der Waals surface area (Å²) >= 11 is 1.46. The first-order valence-electron chi connectivity index (χ1n) is 8.60. The Kier molecular flexibility index (Phi) is 8.55. The quantitative estimate of drug-likeness (QED) is 0.367. The molecule has 0 bridgehead atoms. The van der Waals surface area contributed by atoms with Gasteiger partial charge in [0.25, 0.3) is 5.91 Å². The zero-order valence-corrected chi connectivity index (χ0v) is 15.4. The zero-order chi connectivity index (χ0) is 17.7.